The number of benzene rings is 2. The third-order valence-electron chi connectivity index (χ3n) is 4.49. The molecule has 2 aromatic carbocycles. The second-order valence-corrected chi connectivity index (χ2v) is 7.78. The monoisotopic (exact) mass is 436 g/mol. The van der Waals surface area contributed by atoms with Crippen molar-refractivity contribution in [2.75, 3.05) is 12.4 Å². The van der Waals surface area contributed by atoms with E-state index in [0.29, 0.717) is 23.3 Å². The van der Waals surface area contributed by atoms with E-state index in [1.165, 1.54) is 18.1 Å². The number of fused-ring (bicyclic) bond motifs is 1. The first-order chi connectivity index (χ1) is 15.1. The zero-order chi connectivity index (χ0) is 21.6. The van der Waals surface area contributed by atoms with Gasteiger partial charge >= 0.3 is 0 Å². The normalized spacial score (nSPS) is 10.9. The van der Waals surface area contributed by atoms with Gasteiger partial charge in [0, 0.05) is 12.3 Å². The summed E-state index contributed by atoms with van der Waals surface area (Å²) in [6, 6.07) is 12.8. The molecule has 1 amide bonds. The summed E-state index contributed by atoms with van der Waals surface area (Å²) in [7, 11) is 0. The molecule has 158 valence electrons. The number of aromatic amines is 2. The summed E-state index contributed by atoms with van der Waals surface area (Å²) < 4.78 is 5.76. The van der Waals surface area contributed by atoms with Gasteiger partial charge in [-0.05, 0) is 36.2 Å². The highest BCUT2D eigenvalue weighted by atomic mass is 32.2. The van der Waals surface area contributed by atoms with Gasteiger partial charge in [0.2, 0.25) is 0 Å². The summed E-state index contributed by atoms with van der Waals surface area (Å²) >= 11 is 1.52. The number of carbonyl (C=O) groups is 1. The Hall–Kier alpha value is -3.66. The molecule has 0 aliphatic heterocycles. The highest BCUT2D eigenvalue weighted by Crippen LogP contribution is 2.16. The molecule has 0 saturated heterocycles. The van der Waals surface area contributed by atoms with Crippen LogP contribution in [0, 0.1) is 6.92 Å². The van der Waals surface area contributed by atoms with Crippen molar-refractivity contribution < 1.29 is 9.53 Å². The fourth-order valence-electron chi connectivity index (χ4n) is 3.04. The number of ether oxygens (including phenoxy) is 1. The first-order valence-electron chi connectivity index (χ1n) is 9.58. The van der Waals surface area contributed by atoms with Gasteiger partial charge in [-0.3, -0.25) is 14.7 Å². The maximum absolute atomic E-state index is 12.5. The number of carbonyl (C=O) groups excluding carboxylic acids is 1. The van der Waals surface area contributed by atoms with Gasteiger partial charge in [-0.15, -0.1) is 0 Å². The highest BCUT2D eigenvalue weighted by molar-refractivity contribution is 7.99. The van der Waals surface area contributed by atoms with Gasteiger partial charge in [0.15, 0.2) is 11.0 Å². The molecule has 0 fully saturated rings. The average Bonchev–Trinajstić information content (AvgIpc) is 3.29. The van der Waals surface area contributed by atoms with Crippen LogP contribution in [0.15, 0.2) is 58.7 Å². The third-order valence-corrected chi connectivity index (χ3v) is 5.33. The van der Waals surface area contributed by atoms with Crippen LogP contribution in [0.4, 0.5) is 0 Å². The lowest BCUT2D eigenvalue weighted by Gasteiger charge is -2.09. The van der Waals surface area contributed by atoms with E-state index in [-0.39, 0.29) is 17.9 Å². The summed E-state index contributed by atoms with van der Waals surface area (Å²) in [5.74, 6) is 0.962. The number of hydrogen-bond donors (Lipinski definition) is 3. The lowest BCUT2D eigenvalue weighted by Crippen LogP contribution is -2.27. The van der Waals surface area contributed by atoms with E-state index < -0.39 is 5.91 Å². The molecule has 0 unspecified atom stereocenters. The molecule has 2 aromatic heterocycles. The molecular weight excluding hydrogens is 416 g/mol. The molecule has 9 nitrogen and oxygen atoms in total. The Morgan fingerprint density at radius 2 is 2.10 bits per heavy atom. The number of H-pyrrole nitrogens is 2. The predicted octanol–water partition coefficient (Wildman–Crippen LogP) is 2.45. The van der Waals surface area contributed by atoms with Crippen LogP contribution in [0.1, 0.15) is 21.7 Å². The van der Waals surface area contributed by atoms with Crippen LogP contribution < -0.4 is 15.6 Å². The molecule has 0 spiro atoms. The zero-order valence-corrected chi connectivity index (χ0v) is 17.5. The molecule has 10 heteroatoms. The van der Waals surface area contributed by atoms with Crippen LogP contribution in [0.5, 0.6) is 5.75 Å². The molecule has 0 bridgehead atoms. The lowest BCUT2D eigenvalue weighted by atomic mass is 10.1. The van der Waals surface area contributed by atoms with Crippen molar-refractivity contribution in [3.05, 3.63) is 76.1 Å². The second-order valence-electron chi connectivity index (χ2n) is 6.70. The van der Waals surface area contributed by atoms with E-state index in [1.54, 1.807) is 12.1 Å². The molecule has 0 saturated carbocycles. The Morgan fingerprint density at radius 3 is 2.94 bits per heavy atom. The number of nitrogens with one attached hydrogen (secondary N) is 3. The number of aromatic nitrogens is 5. The Kier molecular flexibility index (Phi) is 6.27. The van der Waals surface area contributed by atoms with E-state index in [0.717, 1.165) is 22.0 Å². The van der Waals surface area contributed by atoms with Crippen molar-refractivity contribution in [1.29, 1.82) is 0 Å². The number of amides is 1. The van der Waals surface area contributed by atoms with Gasteiger partial charge in [-0.25, -0.2) is 9.97 Å². The maximum atomic E-state index is 12.5. The average molecular weight is 436 g/mol. The highest BCUT2D eigenvalue weighted by Gasteiger charge is 2.12. The topological polar surface area (TPSA) is 126 Å². The first-order valence-corrected chi connectivity index (χ1v) is 10.6. The van der Waals surface area contributed by atoms with Crippen LogP contribution in [0.2, 0.25) is 0 Å². The number of hydrogen-bond acceptors (Lipinski definition) is 7. The van der Waals surface area contributed by atoms with Gasteiger partial charge < -0.3 is 15.0 Å². The summed E-state index contributed by atoms with van der Waals surface area (Å²) in [6.07, 6.45) is 1.46. The predicted molar refractivity (Wildman–Crippen MR) is 117 cm³/mol. The Morgan fingerprint density at radius 1 is 1.23 bits per heavy atom. The van der Waals surface area contributed by atoms with Crippen molar-refractivity contribution in [3.63, 3.8) is 0 Å². The van der Waals surface area contributed by atoms with Gasteiger partial charge in [-0.2, -0.15) is 5.10 Å². The molecule has 0 aliphatic carbocycles. The summed E-state index contributed by atoms with van der Waals surface area (Å²) in [5.41, 5.74) is 1.85. The van der Waals surface area contributed by atoms with E-state index in [9.17, 15) is 9.59 Å². The first kappa shape index (κ1) is 20.6. The van der Waals surface area contributed by atoms with Crippen molar-refractivity contribution >= 4 is 28.6 Å². The van der Waals surface area contributed by atoms with E-state index >= 15 is 0 Å². The Balaban J connectivity index is 1.34. The molecule has 31 heavy (non-hydrogen) atoms. The molecule has 0 radical (unpaired) electrons. The third kappa shape index (κ3) is 5.10. The van der Waals surface area contributed by atoms with Crippen molar-refractivity contribution in [2.45, 2.75) is 18.6 Å². The minimum Gasteiger partial charge on any atom is -0.493 e. The molecule has 4 aromatic rings. The molecule has 3 N–H and O–H groups in total. The Labute approximate surface area is 181 Å². The lowest BCUT2D eigenvalue weighted by molar-refractivity contribution is 0.0940. The summed E-state index contributed by atoms with van der Waals surface area (Å²) in [4.78, 5) is 35.8. The fraction of sp³-hybridized carbons (Fsp3) is 0.190. The molecule has 0 aliphatic rings. The van der Waals surface area contributed by atoms with Gasteiger partial charge in [0.25, 0.3) is 11.5 Å². The van der Waals surface area contributed by atoms with Gasteiger partial charge in [0.1, 0.15) is 12.1 Å². The van der Waals surface area contributed by atoms with Crippen molar-refractivity contribution in [2.24, 2.45) is 0 Å². The van der Waals surface area contributed by atoms with Crippen molar-refractivity contribution in [3.8, 4) is 5.75 Å². The quantitative estimate of drug-likeness (QED) is 0.286. The number of aryl methyl sites for hydroxylation is 1. The molecular formula is C21H20N6O3S. The van der Waals surface area contributed by atoms with Crippen LogP contribution in [-0.2, 0) is 6.54 Å². The zero-order valence-electron chi connectivity index (χ0n) is 16.7. The molecule has 4 rings (SSSR count). The van der Waals surface area contributed by atoms with E-state index in [2.05, 4.69) is 30.5 Å². The minimum atomic E-state index is -0.449. The van der Waals surface area contributed by atoms with Crippen molar-refractivity contribution in [1.82, 2.24) is 30.5 Å². The SMILES string of the molecule is Cc1cccc2nc(C(=O)NCc3cccc(OCCSc4ncn[nH]4)c3)[nH]c(=O)c12. The second kappa shape index (κ2) is 9.43. The van der Waals surface area contributed by atoms with E-state index in [1.807, 2.05) is 37.3 Å². The smallest absolute Gasteiger partial charge is 0.287 e. The Bertz CT molecular complexity index is 1260. The number of thioether (sulfide) groups is 1. The summed E-state index contributed by atoms with van der Waals surface area (Å²) in [5, 5.41) is 10.6. The number of rotatable bonds is 8. The molecule has 0 atom stereocenters. The van der Waals surface area contributed by atoms with Crippen LogP contribution >= 0.6 is 11.8 Å². The fourth-order valence-corrected chi connectivity index (χ4v) is 3.64. The van der Waals surface area contributed by atoms with E-state index in [4.69, 9.17) is 4.74 Å². The molecule has 2 heterocycles. The summed E-state index contributed by atoms with van der Waals surface area (Å²) in [6.45, 7) is 2.61. The number of nitrogens with zero attached hydrogens (tertiary/aromatic N) is 3. The minimum absolute atomic E-state index is 0.0139. The van der Waals surface area contributed by atoms with Crippen LogP contribution in [-0.4, -0.2) is 43.4 Å². The maximum Gasteiger partial charge on any atom is 0.287 e. The largest absolute Gasteiger partial charge is 0.493 e. The van der Waals surface area contributed by atoms with Gasteiger partial charge in [0.05, 0.1) is 17.5 Å². The standard InChI is InChI=1S/C21H20N6O3S/c1-13-4-2-7-16-17(13)19(28)26-18(25-16)20(29)22-11-14-5-3-6-15(10-14)30-8-9-31-21-23-12-24-27-21/h2-7,10,12H,8-9,11H2,1H3,(H,22,29)(H,23,24,27)(H,25,26,28). The van der Waals surface area contributed by atoms with Gasteiger partial charge in [-0.1, -0.05) is 36.0 Å². The van der Waals surface area contributed by atoms with Crippen LogP contribution in [0.3, 0.4) is 0 Å². The van der Waals surface area contributed by atoms with Crippen LogP contribution in [0.25, 0.3) is 10.9 Å².